The van der Waals surface area contributed by atoms with Crippen LogP contribution >= 0.6 is 0 Å². The second kappa shape index (κ2) is 4.30. The minimum atomic E-state index is -0.491. The maximum Gasteiger partial charge on any atom is 0.222 e. The molecule has 0 atom stereocenters. The molecule has 1 aromatic heterocycles. The first-order chi connectivity index (χ1) is 8.52. The summed E-state index contributed by atoms with van der Waals surface area (Å²) in [4.78, 5) is 7.58. The van der Waals surface area contributed by atoms with E-state index in [4.69, 9.17) is 16.7 Å². The standard InChI is InChI=1S/C12H10FN5/c1-6-2-3-9(13)7(4-6)10-8(5-14)11(15)18-12(16)17-10/h2-4H,1H3,(H4,15,16,17,18). The van der Waals surface area contributed by atoms with Crippen molar-refractivity contribution in [3.05, 3.63) is 35.1 Å². The van der Waals surface area contributed by atoms with Crippen LogP contribution in [0.25, 0.3) is 11.3 Å². The Hall–Kier alpha value is -2.68. The first-order valence-electron chi connectivity index (χ1n) is 5.12. The van der Waals surface area contributed by atoms with Gasteiger partial charge >= 0.3 is 0 Å². The molecule has 0 amide bonds. The number of benzene rings is 1. The lowest BCUT2D eigenvalue weighted by Gasteiger charge is -2.08. The molecular weight excluding hydrogens is 233 g/mol. The highest BCUT2D eigenvalue weighted by molar-refractivity contribution is 5.73. The van der Waals surface area contributed by atoms with Crippen molar-refractivity contribution < 1.29 is 4.39 Å². The number of nitrogens with zero attached hydrogens (tertiary/aromatic N) is 3. The van der Waals surface area contributed by atoms with E-state index in [-0.39, 0.29) is 28.6 Å². The second-order valence-electron chi connectivity index (χ2n) is 3.79. The lowest BCUT2D eigenvalue weighted by molar-refractivity contribution is 0.630. The van der Waals surface area contributed by atoms with Gasteiger partial charge in [0.2, 0.25) is 5.95 Å². The molecule has 0 aliphatic carbocycles. The largest absolute Gasteiger partial charge is 0.382 e. The molecule has 0 radical (unpaired) electrons. The number of aryl methyl sites for hydroxylation is 1. The number of nitriles is 1. The third-order valence-electron chi connectivity index (χ3n) is 2.44. The van der Waals surface area contributed by atoms with Crippen LogP contribution in [0.5, 0.6) is 0 Å². The van der Waals surface area contributed by atoms with Gasteiger partial charge in [-0.2, -0.15) is 10.2 Å². The van der Waals surface area contributed by atoms with E-state index in [1.807, 2.05) is 13.0 Å². The van der Waals surface area contributed by atoms with Crippen LogP contribution in [-0.2, 0) is 0 Å². The summed E-state index contributed by atoms with van der Waals surface area (Å²) in [7, 11) is 0. The molecule has 2 aromatic rings. The first-order valence-corrected chi connectivity index (χ1v) is 5.12. The number of nitrogens with two attached hydrogens (primary N) is 2. The maximum absolute atomic E-state index is 13.8. The fourth-order valence-corrected chi connectivity index (χ4v) is 1.62. The van der Waals surface area contributed by atoms with Gasteiger partial charge in [0.1, 0.15) is 23.3 Å². The van der Waals surface area contributed by atoms with E-state index in [0.29, 0.717) is 0 Å². The molecular formula is C12H10FN5. The summed E-state index contributed by atoms with van der Waals surface area (Å²) in [6.45, 7) is 1.81. The summed E-state index contributed by atoms with van der Waals surface area (Å²) in [6, 6.07) is 6.37. The Morgan fingerprint density at radius 1 is 1.28 bits per heavy atom. The van der Waals surface area contributed by atoms with E-state index < -0.39 is 5.82 Å². The van der Waals surface area contributed by atoms with Crippen LogP contribution < -0.4 is 11.5 Å². The highest BCUT2D eigenvalue weighted by Crippen LogP contribution is 2.28. The average molecular weight is 243 g/mol. The molecule has 0 bridgehead atoms. The van der Waals surface area contributed by atoms with Crippen molar-refractivity contribution in [3.8, 4) is 17.3 Å². The van der Waals surface area contributed by atoms with Gasteiger partial charge < -0.3 is 11.5 Å². The molecule has 1 aromatic carbocycles. The summed E-state index contributed by atoms with van der Waals surface area (Å²) < 4.78 is 13.8. The minimum absolute atomic E-state index is 0.0219. The van der Waals surface area contributed by atoms with E-state index in [9.17, 15) is 4.39 Å². The van der Waals surface area contributed by atoms with Crippen LogP contribution in [0, 0.1) is 24.1 Å². The summed E-state index contributed by atoms with van der Waals surface area (Å²) in [5.74, 6) is -0.641. The van der Waals surface area contributed by atoms with Crippen LogP contribution in [-0.4, -0.2) is 9.97 Å². The van der Waals surface area contributed by atoms with Gasteiger partial charge in [0, 0.05) is 5.56 Å². The van der Waals surface area contributed by atoms with Gasteiger partial charge in [-0.05, 0) is 19.1 Å². The van der Waals surface area contributed by atoms with E-state index in [1.165, 1.54) is 6.07 Å². The van der Waals surface area contributed by atoms with Crippen molar-refractivity contribution >= 4 is 11.8 Å². The van der Waals surface area contributed by atoms with E-state index in [2.05, 4.69) is 9.97 Å². The molecule has 0 aliphatic heterocycles. The third kappa shape index (κ3) is 1.94. The molecule has 0 saturated heterocycles. The smallest absolute Gasteiger partial charge is 0.222 e. The van der Waals surface area contributed by atoms with Crippen molar-refractivity contribution in [2.45, 2.75) is 6.92 Å². The van der Waals surface area contributed by atoms with Crippen molar-refractivity contribution in [2.75, 3.05) is 11.5 Å². The number of aromatic nitrogens is 2. The van der Waals surface area contributed by atoms with Gasteiger partial charge in [-0.3, -0.25) is 0 Å². The monoisotopic (exact) mass is 243 g/mol. The van der Waals surface area contributed by atoms with Gasteiger partial charge in [0.25, 0.3) is 0 Å². The fraction of sp³-hybridized carbons (Fsp3) is 0.0833. The third-order valence-corrected chi connectivity index (χ3v) is 2.44. The SMILES string of the molecule is Cc1ccc(F)c(-c2nc(N)nc(N)c2C#N)c1. The Labute approximate surface area is 103 Å². The molecule has 0 fully saturated rings. The zero-order valence-corrected chi connectivity index (χ0v) is 9.61. The minimum Gasteiger partial charge on any atom is -0.382 e. The van der Waals surface area contributed by atoms with Crippen LogP contribution in [0.4, 0.5) is 16.2 Å². The Balaban J connectivity index is 2.78. The zero-order valence-electron chi connectivity index (χ0n) is 9.61. The van der Waals surface area contributed by atoms with Crippen LogP contribution in [0.3, 0.4) is 0 Å². The van der Waals surface area contributed by atoms with Crippen LogP contribution in [0.2, 0.25) is 0 Å². The van der Waals surface area contributed by atoms with Gasteiger partial charge in [-0.15, -0.1) is 0 Å². The summed E-state index contributed by atoms with van der Waals surface area (Å²) in [6.07, 6.45) is 0. The normalized spacial score (nSPS) is 10.1. The quantitative estimate of drug-likeness (QED) is 0.792. The molecule has 18 heavy (non-hydrogen) atoms. The van der Waals surface area contributed by atoms with Crippen molar-refractivity contribution in [3.63, 3.8) is 0 Å². The number of nitrogen functional groups attached to an aromatic ring is 2. The van der Waals surface area contributed by atoms with E-state index in [1.54, 1.807) is 12.1 Å². The molecule has 0 unspecified atom stereocenters. The molecule has 0 saturated carbocycles. The number of halogens is 1. The predicted molar refractivity (Wildman–Crippen MR) is 65.7 cm³/mol. The van der Waals surface area contributed by atoms with Gasteiger partial charge in [0.05, 0.1) is 5.69 Å². The molecule has 4 N–H and O–H groups in total. The number of anilines is 2. The van der Waals surface area contributed by atoms with Gasteiger partial charge in [0.15, 0.2) is 0 Å². The molecule has 6 heteroatoms. The molecule has 0 aliphatic rings. The highest BCUT2D eigenvalue weighted by atomic mass is 19.1. The molecule has 5 nitrogen and oxygen atoms in total. The number of hydrogen-bond donors (Lipinski definition) is 2. The summed E-state index contributed by atoms with van der Waals surface area (Å²) in [5.41, 5.74) is 12.2. The highest BCUT2D eigenvalue weighted by Gasteiger charge is 2.16. The first kappa shape index (κ1) is 11.8. The van der Waals surface area contributed by atoms with Crippen molar-refractivity contribution in [1.82, 2.24) is 9.97 Å². The fourth-order valence-electron chi connectivity index (χ4n) is 1.62. The summed E-state index contributed by atoms with van der Waals surface area (Å²) in [5, 5.41) is 9.04. The predicted octanol–water partition coefficient (Wildman–Crippen LogP) is 1.63. The Bertz CT molecular complexity index is 660. The summed E-state index contributed by atoms with van der Waals surface area (Å²) >= 11 is 0. The lowest BCUT2D eigenvalue weighted by atomic mass is 10.0. The Morgan fingerprint density at radius 3 is 2.67 bits per heavy atom. The average Bonchev–Trinajstić information content (AvgIpc) is 2.31. The number of hydrogen-bond acceptors (Lipinski definition) is 5. The molecule has 2 rings (SSSR count). The Morgan fingerprint density at radius 2 is 2.00 bits per heavy atom. The van der Waals surface area contributed by atoms with Crippen LogP contribution in [0.1, 0.15) is 11.1 Å². The molecule has 1 heterocycles. The molecule has 0 spiro atoms. The van der Waals surface area contributed by atoms with Crippen LogP contribution in [0.15, 0.2) is 18.2 Å². The van der Waals surface area contributed by atoms with Crippen molar-refractivity contribution in [1.29, 1.82) is 5.26 Å². The number of rotatable bonds is 1. The second-order valence-corrected chi connectivity index (χ2v) is 3.79. The van der Waals surface area contributed by atoms with Gasteiger partial charge in [-0.25, -0.2) is 9.37 Å². The maximum atomic E-state index is 13.8. The van der Waals surface area contributed by atoms with Crippen molar-refractivity contribution in [2.24, 2.45) is 0 Å². The zero-order chi connectivity index (χ0) is 13.3. The molecule has 90 valence electrons. The Kier molecular flexibility index (Phi) is 2.81. The lowest BCUT2D eigenvalue weighted by Crippen LogP contribution is -2.05. The van der Waals surface area contributed by atoms with E-state index >= 15 is 0 Å². The topological polar surface area (TPSA) is 102 Å². The van der Waals surface area contributed by atoms with Gasteiger partial charge in [-0.1, -0.05) is 11.6 Å². The van der Waals surface area contributed by atoms with E-state index in [0.717, 1.165) is 5.56 Å².